The van der Waals surface area contributed by atoms with E-state index in [9.17, 15) is 19.5 Å². The standard InChI is InChI=1S/C17H12ClN3O6/c18-13-4-3-9(6-11(13)16(24)25)19-7-12-14(22)20-17(26)21(15(12)23)8-10-2-1-5-27-10/h1-7,23H,8H2,(H,24,25)(H,20,22,26). The Morgan fingerprint density at radius 3 is 2.78 bits per heavy atom. The summed E-state index contributed by atoms with van der Waals surface area (Å²) in [6.45, 7) is -0.0978. The van der Waals surface area contributed by atoms with Crippen LogP contribution in [0.25, 0.3) is 0 Å². The zero-order valence-corrected chi connectivity index (χ0v) is 14.3. The number of hydrogen-bond acceptors (Lipinski definition) is 6. The zero-order chi connectivity index (χ0) is 19.6. The van der Waals surface area contributed by atoms with Crippen molar-refractivity contribution < 1.29 is 19.4 Å². The lowest BCUT2D eigenvalue weighted by atomic mass is 10.2. The van der Waals surface area contributed by atoms with Gasteiger partial charge in [0.25, 0.3) is 5.56 Å². The summed E-state index contributed by atoms with van der Waals surface area (Å²) in [5, 5.41) is 19.4. The number of carbonyl (C=O) groups is 1. The van der Waals surface area contributed by atoms with Gasteiger partial charge in [-0.2, -0.15) is 0 Å². The predicted molar refractivity (Wildman–Crippen MR) is 96.5 cm³/mol. The number of nitrogens with zero attached hydrogens (tertiary/aromatic N) is 2. The number of rotatable bonds is 5. The van der Waals surface area contributed by atoms with Crippen LogP contribution in [-0.4, -0.2) is 31.9 Å². The van der Waals surface area contributed by atoms with Crippen molar-refractivity contribution in [3.8, 4) is 5.88 Å². The number of H-pyrrole nitrogens is 1. The minimum Gasteiger partial charge on any atom is -0.494 e. The third kappa shape index (κ3) is 3.82. The Labute approximate surface area is 155 Å². The average Bonchev–Trinajstić information content (AvgIpc) is 3.12. The van der Waals surface area contributed by atoms with Crippen LogP contribution in [0, 0.1) is 0 Å². The molecule has 2 aromatic heterocycles. The molecular weight excluding hydrogens is 378 g/mol. The van der Waals surface area contributed by atoms with Crippen LogP contribution in [0.5, 0.6) is 5.88 Å². The number of halogens is 1. The predicted octanol–water partition coefficient (Wildman–Crippen LogP) is 1.99. The maximum Gasteiger partial charge on any atom is 0.337 e. The number of carboxylic acid groups (broad SMARTS) is 1. The number of nitrogens with one attached hydrogen (secondary N) is 1. The third-order valence-electron chi connectivity index (χ3n) is 3.62. The van der Waals surface area contributed by atoms with Crippen molar-refractivity contribution in [1.29, 1.82) is 0 Å². The summed E-state index contributed by atoms with van der Waals surface area (Å²) in [5.41, 5.74) is -1.89. The Hall–Kier alpha value is -3.59. The molecule has 138 valence electrons. The Morgan fingerprint density at radius 1 is 1.33 bits per heavy atom. The van der Waals surface area contributed by atoms with Gasteiger partial charge in [-0.25, -0.2) is 9.59 Å². The molecule has 3 N–H and O–H groups in total. The van der Waals surface area contributed by atoms with Crippen LogP contribution in [0.2, 0.25) is 5.02 Å². The number of aromatic carboxylic acids is 1. The number of aliphatic imine (C=N–C) groups is 1. The quantitative estimate of drug-likeness (QED) is 0.570. The maximum atomic E-state index is 12.0. The summed E-state index contributed by atoms with van der Waals surface area (Å²) in [6.07, 6.45) is 2.44. The second-order valence-corrected chi connectivity index (χ2v) is 5.80. The average molecular weight is 390 g/mol. The van der Waals surface area contributed by atoms with E-state index in [1.807, 2.05) is 0 Å². The Balaban J connectivity index is 2.01. The van der Waals surface area contributed by atoms with Crippen LogP contribution in [0.1, 0.15) is 21.7 Å². The number of benzene rings is 1. The van der Waals surface area contributed by atoms with Gasteiger partial charge in [0.2, 0.25) is 5.88 Å². The fourth-order valence-corrected chi connectivity index (χ4v) is 2.49. The molecule has 0 aliphatic heterocycles. The van der Waals surface area contributed by atoms with Gasteiger partial charge in [-0.1, -0.05) is 11.6 Å². The largest absolute Gasteiger partial charge is 0.494 e. The lowest BCUT2D eigenvalue weighted by Crippen LogP contribution is -2.32. The third-order valence-corrected chi connectivity index (χ3v) is 3.95. The van der Waals surface area contributed by atoms with Crippen molar-refractivity contribution in [2.75, 3.05) is 0 Å². The van der Waals surface area contributed by atoms with E-state index in [0.717, 1.165) is 10.8 Å². The molecule has 3 aromatic rings. The molecule has 0 amide bonds. The summed E-state index contributed by atoms with van der Waals surface area (Å²) >= 11 is 5.79. The van der Waals surface area contributed by atoms with E-state index in [1.54, 1.807) is 12.1 Å². The van der Waals surface area contributed by atoms with Gasteiger partial charge in [-0.3, -0.25) is 19.3 Å². The molecule has 0 spiro atoms. The van der Waals surface area contributed by atoms with Crippen molar-refractivity contribution in [2.45, 2.75) is 6.54 Å². The Morgan fingerprint density at radius 2 is 2.11 bits per heavy atom. The van der Waals surface area contributed by atoms with Crippen LogP contribution in [0.15, 0.2) is 55.6 Å². The Bertz CT molecular complexity index is 1140. The smallest absolute Gasteiger partial charge is 0.337 e. The normalized spacial score (nSPS) is 11.1. The van der Waals surface area contributed by atoms with Crippen LogP contribution < -0.4 is 11.2 Å². The molecule has 9 nitrogen and oxygen atoms in total. The van der Waals surface area contributed by atoms with Gasteiger partial charge in [0.1, 0.15) is 11.3 Å². The van der Waals surface area contributed by atoms with Crippen LogP contribution in [0.3, 0.4) is 0 Å². The van der Waals surface area contributed by atoms with E-state index in [0.29, 0.717) is 5.76 Å². The van der Waals surface area contributed by atoms with Crippen LogP contribution in [0.4, 0.5) is 5.69 Å². The van der Waals surface area contributed by atoms with Crippen molar-refractivity contribution in [3.05, 3.63) is 79.3 Å². The Kier molecular flexibility index (Phi) is 4.95. The number of carboxylic acids is 1. The molecule has 0 bridgehead atoms. The van der Waals surface area contributed by atoms with Crippen molar-refractivity contribution in [3.63, 3.8) is 0 Å². The second-order valence-electron chi connectivity index (χ2n) is 5.39. The van der Waals surface area contributed by atoms with E-state index >= 15 is 0 Å². The lowest BCUT2D eigenvalue weighted by Gasteiger charge is -2.08. The highest BCUT2D eigenvalue weighted by Crippen LogP contribution is 2.22. The van der Waals surface area contributed by atoms with Crippen molar-refractivity contribution in [1.82, 2.24) is 9.55 Å². The molecule has 27 heavy (non-hydrogen) atoms. The molecule has 3 rings (SSSR count). The molecule has 0 unspecified atom stereocenters. The van der Waals surface area contributed by atoms with Crippen molar-refractivity contribution in [2.24, 2.45) is 4.99 Å². The molecule has 10 heteroatoms. The molecular formula is C17H12ClN3O6. The van der Waals surface area contributed by atoms with Gasteiger partial charge in [0.15, 0.2) is 0 Å². The highest BCUT2D eigenvalue weighted by molar-refractivity contribution is 6.33. The highest BCUT2D eigenvalue weighted by atomic mass is 35.5. The van der Waals surface area contributed by atoms with Gasteiger partial charge in [-0.05, 0) is 30.3 Å². The summed E-state index contributed by atoms with van der Waals surface area (Å²) < 4.78 is 6.04. The summed E-state index contributed by atoms with van der Waals surface area (Å²) in [4.78, 5) is 41.1. The minimum absolute atomic E-state index is 0.0362. The monoisotopic (exact) mass is 389 g/mol. The van der Waals surface area contributed by atoms with E-state index in [4.69, 9.17) is 21.1 Å². The lowest BCUT2D eigenvalue weighted by molar-refractivity contribution is 0.0697. The van der Waals surface area contributed by atoms with Gasteiger partial charge in [0.05, 0.1) is 29.1 Å². The number of hydrogen-bond donors (Lipinski definition) is 3. The zero-order valence-electron chi connectivity index (χ0n) is 13.5. The molecule has 1 aromatic carbocycles. The number of aromatic amines is 1. The molecule has 0 saturated carbocycles. The molecule has 2 heterocycles. The van der Waals surface area contributed by atoms with Crippen LogP contribution >= 0.6 is 11.6 Å². The molecule has 0 atom stereocenters. The van der Waals surface area contributed by atoms with Gasteiger partial charge < -0.3 is 14.6 Å². The SMILES string of the molecule is O=C(O)c1cc(N=Cc2c(O)n(Cc3ccco3)c(=O)[nH]c2=O)ccc1Cl. The van der Waals surface area contributed by atoms with Crippen molar-refractivity contribution >= 4 is 29.5 Å². The number of aromatic nitrogens is 2. The molecule has 0 radical (unpaired) electrons. The van der Waals surface area contributed by atoms with E-state index in [1.165, 1.54) is 24.5 Å². The fraction of sp³-hybridized carbons (Fsp3) is 0.0588. The summed E-state index contributed by atoms with van der Waals surface area (Å²) in [6, 6.07) is 7.22. The maximum absolute atomic E-state index is 12.0. The molecule has 0 aliphatic rings. The minimum atomic E-state index is -1.23. The first-order chi connectivity index (χ1) is 12.9. The molecule has 0 saturated heterocycles. The first-order valence-corrected chi connectivity index (χ1v) is 7.90. The molecule has 0 aliphatic carbocycles. The number of furan rings is 1. The fourth-order valence-electron chi connectivity index (χ4n) is 2.29. The first kappa shape index (κ1) is 18.2. The van der Waals surface area contributed by atoms with Gasteiger partial charge in [-0.15, -0.1) is 0 Å². The second kappa shape index (κ2) is 7.34. The molecule has 0 fully saturated rings. The first-order valence-electron chi connectivity index (χ1n) is 7.52. The summed E-state index contributed by atoms with van der Waals surface area (Å²) in [5.74, 6) is -1.44. The van der Waals surface area contributed by atoms with Gasteiger partial charge in [0, 0.05) is 6.21 Å². The number of aromatic hydroxyl groups is 1. The highest BCUT2D eigenvalue weighted by Gasteiger charge is 2.14. The van der Waals surface area contributed by atoms with Gasteiger partial charge >= 0.3 is 11.7 Å². The van der Waals surface area contributed by atoms with Crippen LogP contribution in [-0.2, 0) is 6.54 Å². The summed E-state index contributed by atoms with van der Waals surface area (Å²) in [7, 11) is 0. The topological polar surface area (TPSA) is 138 Å². The van der Waals surface area contributed by atoms with E-state index in [-0.39, 0.29) is 28.4 Å². The van der Waals surface area contributed by atoms with E-state index in [2.05, 4.69) is 9.98 Å². The van der Waals surface area contributed by atoms with E-state index < -0.39 is 23.1 Å².